The van der Waals surface area contributed by atoms with Crippen molar-refractivity contribution >= 4 is 11.4 Å². The van der Waals surface area contributed by atoms with Crippen molar-refractivity contribution < 1.29 is 4.92 Å². The largest absolute Gasteiger partial charge is 0.382 e. The Labute approximate surface area is 87.5 Å². The molecule has 0 aliphatic rings. The zero-order chi connectivity index (χ0) is 11.3. The number of nitro groups is 1. The number of nitro benzene ring substituents is 1. The molecule has 0 amide bonds. The minimum absolute atomic E-state index is 0.0384. The number of benzene rings is 1. The Balaban J connectivity index is 2.65. The van der Waals surface area contributed by atoms with Crippen molar-refractivity contribution in [2.75, 3.05) is 5.32 Å². The number of anilines is 1. The first kappa shape index (κ1) is 11.0. The van der Waals surface area contributed by atoms with Gasteiger partial charge in [0, 0.05) is 23.9 Å². The van der Waals surface area contributed by atoms with Crippen LogP contribution in [0.1, 0.15) is 13.3 Å². The predicted molar refractivity (Wildman–Crippen MR) is 56.4 cm³/mol. The van der Waals surface area contributed by atoms with Crippen LogP contribution in [0, 0.1) is 21.4 Å². The first-order valence-electron chi connectivity index (χ1n) is 4.51. The Bertz CT molecular complexity index is 381. The molecule has 1 aromatic rings. The van der Waals surface area contributed by atoms with Crippen molar-refractivity contribution in [2.24, 2.45) is 0 Å². The molecular formula is C10H11N3O2. The molecule has 0 aliphatic heterocycles. The van der Waals surface area contributed by atoms with Crippen LogP contribution < -0.4 is 5.32 Å². The van der Waals surface area contributed by atoms with Crippen molar-refractivity contribution in [3.05, 3.63) is 34.4 Å². The van der Waals surface area contributed by atoms with Crippen molar-refractivity contribution in [2.45, 2.75) is 19.4 Å². The summed E-state index contributed by atoms with van der Waals surface area (Å²) >= 11 is 0. The minimum Gasteiger partial charge on any atom is -0.382 e. The zero-order valence-corrected chi connectivity index (χ0v) is 8.30. The summed E-state index contributed by atoms with van der Waals surface area (Å²) in [6.07, 6.45) is 0.400. The maximum Gasteiger partial charge on any atom is 0.269 e. The fourth-order valence-electron chi connectivity index (χ4n) is 1.15. The Kier molecular flexibility index (Phi) is 3.63. The molecule has 78 valence electrons. The van der Waals surface area contributed by atoms with E-state index < -0.39 is 4.92 Å². The number of non-ortho nitro benzene ring substituents is 1. The average molecular weight is 205 g/mol. The van der Waals surface area contributed by atoms with Gasteiger partial charge >= 0.3 is 0 Å². The van der Waals surface area contributed by atoms with Crippen LogP contribution in [0.4, 0.5) is 11.4 Å². The third-order valence-electron chi connectivity index (χ3n) is 1.89. The average Bonchev–Trinajstić information content (AvgIpc) is 2.18. The molecule has 0 spiro atoms. The lowest BCUT2D eigenvalue weighted by Gasteiger charge is -2.10. The fraction of sp³-hybridized carbons (Fsp3) is 0.300. The molecule has 1 atom stereocenters. The van der Waals surface area contributed by atoms with Crippen LogP contribution in [0.2, 0.25) is 0 Å². The van der Waals surface area contributed by atoms with Gasteiger partial charge in [-0.1, -0.05) is 0 Å². The van der Waals surface area contributed by atoms with Gasteiger partial charge < -0.3 is 5.32 Å². The summed E-state index contributed by atoms with van der Waals surface area (Å²) in [7, 11) is 0. The van der Waals surface area contributed by atoms with E-state index in [2.05, 4.69) is 5.32 Å². The highest BCUT2D eigenvalue weighted by Crippen LogP contribution is 2.16. The Morgan fingerprint density at radius 2 is 2.13 bits per heavy atom. The van der Waals surface area contributed by atoms with E-state index in [4.69, 9.17) is 5.26 Å². The molecule has 1 unspecified atom stereocenters. The highest BCUT2D eigenvalue weighted by atomic mass is 16.6. The van der Waals surface area contributed by atoms with Crippen molar-refractivity contribution in [1.29, 1.82) is 5.26 Å². The highest BCUT2D eigenvalue weighted by Gasteiger charge is 2.05. The topological polar surface area (TPSA) is 79.0 Å². The van der Waals surface area contributed by atoms with E-state index in [1.54, 1.807) is 12.1 Å². The van der Waals surface area contributed by atoms with E-state index in [0.29, 0.717) is 6.42 Å². The normalized spacial score (nSPS) is 11.5. The van der Waals surface area contributed by atoms with Crippen molar-refractivity contribution in [1.82, 2.24) is 0 Å². The van der Waals surface area contributed by atoms with E-state index >= 15 is 0 Å². The lowest BCUT2D eigenvalue weighted by atomic mass is 10.2. The molecule has 0 saturated carbocycles. The van der Waals surface area contributed by atoms with Crippen LogP contribution in [0.15, 0.2) is 24.3 Å². The highest BCUT2D eigenvalue weighted by molar-refractivity contribution is 5.49. The molecule has 1 N–H and O–H groups in total. The molecular weight excluding hydrogens is 194 g/mol. The third kappa shape index (κ3) is 3.27. The monoisotopic (exact) mass is 205 g/mol. The number of hydrogen-bond donors (Lipinski definition) is 1. The van der Waals surface area contributed by atoms with Crippen molar-refractivity contribution in [3.8, 4) is 6.07 Å². The summed E-state index contributed by atoms with van der Waals surface area (Å²) in [6.45, 7) is 1.88. The second kappa shape index (κ2) is 4.96. The van der Waals surface area contributed by atoms with Gasteiger partial charge in [-0.05, 0) is 19.1 Å². The van der Waals surface area contributed by atoms with Gasteiger partial charge in [0.1, 0.15) is 0 Å². The fourth-order valence-corrected chi connectivity index (χ4v) is 1.15. The molecule has 1 aromatic carbocycles. The predicted octanol–water partition coefficient (Wildman–Crippen LogP) is 2.31. The Morgan fingerprint density at radius 3 is 2.60 bits per heavy atom. The maximum absolute atomic E-state index is 10.4. The van der Waals surface area contributed by atoms with Crippen molar-refractivity contribution in [3.63, 3.8) is 0 Å². The van der Waals surface area contributed by atoms with Gasteiger partial charge in [0.25, 0.3) is 5.69 Å². The standard InChI is InChI=1S/C10H11N3O2/c1-8(6-7-11)12-9-2-4-10(5-3-9)13(14)15/h2-5,8,12H,6H2,1H3. The lowest BCUT2D eigenvalue weighted by Crippen LogP contribution is -2.13. The summed E-state index contributed by atoms with van der Waals surface area (Å²) in [5.41, 5.74) is 0.844. The summed E-state index contributed by atoms with van der Waals surface area (Å²) < 4.78 is 0. The van der Waals surface area contributed by atoms with E-state index in [9.17, 15) is 10.1 Å². The van der Waals surface area contributed by atoms with Gasteiger partial charge in [0.15, 0.2) is 0 Å². The first-order valence-corrected chi connectivity index (χ1v) is 4.51. The van der Waals surface area contributed by atoms with Gasteiger partial charge in [0.2, 0.25) is 0 Å². The summed E-state index contributed by atoms with van der Waals surface area (Å²) in [5, 5.41) is 21.9. The second-order valence-corrected chi connectivity index (χ2v) is 3.21. The smallest absolute Gasteiger partial charge is 0.269 e. The van der Waals surface area contributed by atoms with Gasteiger partial charge in [-0.2, -0.15) is 5.26 Å². The van der Waals surface area contributed by atoms with Crippen LogP contribution in [0.5, 0.6) is 0 Å². The van der Waals surface area contributed by atoms with Crippen LogP contribution in [0.3, 0.4) is 0 Å². The van der Waals surface area contributed by atoms with E-state index in [1.807, 2.05) is 13.0 Å². The molecule has 15 heavy (non-hydrogen) atoms. The third-order valence-corrected chi connectivity index (χ3v) is 1.89. The molecule has 0 radical (unpaired) electrons. The molecule has 0 aromatic heterocycles. The van der Waals surface area contributed by atoms with Gasteiger partial charge in [0.05, 0.1) is 17.4 Å². The quantitative estimate of drug-likeness (QED) is 0.604. The van der Waals surface area contributed by atoms with E-state index in [1.165, 1.54) is 12.1 Å². The molecule has 0 saturated heterocycles. The molecule has 0 heterocycles. The number of hydrogen-bond acceptors (Lipinski definition) is 4. The second-order valence-electron chi connectivity index (χ2n) is 3.21. The van der Waals surface area contributed by atoms with Crippen LogP contribution >= 0.6 is 0 Å². The molecule has 1 rings (SSSR count). The Morgan fingerprint density at radius 1 is 1.53 bits per heavy atom. The SMILES string of the molecule is CC(CC#N)Nc1ccc([N+](=O)[O-])cc1. The Hall–Kier alpha value is -2.09. The van der Waals surface area contributed by atoms with Crippen LogP contribution in [-0.2, 0) is 0 Å². The molecule has 0 aliphatic carbocycles. The number of nitrogens with zero attached hydrogens (tertiary/aromatic N) is 2. The zero-order valence-electron chi connectivity index (χ0n) is 8.30. The molecule has 5 nitrogen and oxygen atoms in total. The van der Waals surface area contributed by atoms with E-state index in [-0.39, 0.29) is 11.7 Å². The number of nitrogens with one attached hydrogen (secondary N) is 1. The lowest BCUT2D eigenvalue weighted by molar-refractivity contribution is -0.384. The maximum atomic E-state index is 10.4. The first-order chi connectivity index (χ1) is 7.13. The summed E-state index contributed by atoms with van der Waals surface area (Å²) in [6, 6.07) is 8.21. The van der Waals surface area contributed by atoms with Crippen LogP contribution in [-0.4, -0.2) is 11.0 Å². The molecule has 0 fully saturated rings. The van der Waals surface area contributed by atoms with Crippen LogP contribution in [0.25, 0.3) is 0 Å². The summed E-state index contributed by atoms with van der Waals surface area (Å²) in [5.74, 6) is 0. The minimum atomic E-state index is -0.442. The van der Waals surface area contributed by atoms with Gasteiger partial charge in [-0.15, -0.1) is 0 Å². The number of rotatable bonds is 4. The van der Waals surface area contributed by atoms with Gasteiger partial charge in [-0.25, -0.2) is 0 Å². The molecule has 0 bridgehead atoms. The summed E-state index contributed by atoms with van der Waals surface area (Å²) in [4.78, 5) is 9.94. The molecule has 5 heteroatoms. The van der Waals surface area contributed by atoms with Gasteiger partial charge in [-0.3, -0.25) is 10.1 Å². The van der Waals surface area contributed by atoms with E-state index in [0.717, 1.165) is 5.69 Å². The number of nitriles is 1.